The fourth-order valence-electron chi connectivity index (χ4n) is 0.252. The van der Waals surface area contributed by atoms with Crippen LogP contribution in [0.2, 0.25) is 0 Å². The highest BCUT2D eigenvalue weighted by Gasteiger charge is 2.05. The minimum Gasteiger partial charge on any atom is -0.433 e. The lowest BCUT2D eigenvalue weighted by atomic mass is 10.5. The zero-order chi connectivity index (χ0) is 7.33. The summed E-state index contributed by atoms with van der Waals surface area (Å²) in [7, 11) is -3.28. The molecular formula is C5H11O3P. The average Bonchev–Trinajstić information content (AvgIpc) is 1.63. The Morgan fingerprint density at radius 2 is 2.33 bits per heavy atom. The molecule has 0 saturated heterocycles. The Hall–Kier alpha value is -0.270. The number of allylic oxidation sites excluding steroid dienone is 1. The second-order valence-corrected chi connectivity index (χ2v) is 3.51. The van der Waals surface area contributed by atoms with E-state index in [4.69, 9.17) is 4.89 Å². The summed E-state index contributed by atoms with van der Waals surface area (Å²) < 4.78 is 14.8. The van der Waals surface area contributed by atoms with Gasteiger partial charge in [-0.25, -0.2) is 4.57 Å². The Labute approximate surface area is 54.9 Å². The third-order valence-corrected chi connectivity index (χ3v) is 1.10. The Morgan fingerprint density at radius 3 is 2.67 bits per heavy atom. The largest absolute Gasteiger partial charge is 0.433 e. The molecule has 0 radical (unpaired) electrons. The molecule has 0 bridgehead atoms. The molecule has 0 heterocycles. The van der Waals surface area contributed by atoms with Gasteiger partial charge in [0.2, 0.25) is 0 Å². The first kappa shape index (κ1) is 8.73. The molecule has 0 fully saturated rings. The topological polar surface area (TPSA) is 46.5 Å². The van der Waals surface area contributed by atoms with Crippen molar-refractivity contribution < 1.29 is 14.0 Å². The van der Waals surface area contributed by atoms with Crippen molar-refractivity contribution in [3.63, 3.8) is 0 Å². The fourth-order valence-corrected chi connectivity index (χ4v) is 0.564. The molecule has 1 unspecified atom stereocenters. The summed E-state index contributed by atoms with van der Waals surface area (Å²) in [6.45, 7) is 3.06. The van der Waals surface area contributed by atoms with E-state index in [1.165, 1.54) is 6.26 Å². The van der Waals surface area contributed by atoms with Gasteiger partial charge < -0.3 is 9.42 Å². The van der Waals surface area contributed by atoms with Crippen LogP contribution in [0.4, 0.5) is 0 Å². The lowest BCUT2D eigenvalue weighted by molar-refractivity contribution is 0.354. The average molecular weight is 150 g/mol. The van der Waals surface area contributed by atoms with E-state index in [0.717, 1.165) is 13.1 Å². The van der Waals surface area contributed by atoms with Crippen molar-refractivity contribution in [2.24, 2.45) is 0 Å². The van der Waals surface area contributed by atoms with Gasteiger partial charge in [0.25, 0.3) is 0 Å². The second kappa shape index (κ2) is 3.70. The third kappa shape index (κ3) is 7.73. The molecule has 0 aromatic carbocycles. The number of hydrogen-bond acceptors (Lipinski definition) is 2. The highest BCUT2D eigenvalue weighted by atomic mass is 31.2. The fraction of sp³-hybridized carbons (Fsp3) is 0.600. The molecule has 9 heavy (non-hydrogen) atoms. The molecule has 4 heteroatoms. The van der Waals surface area contributed by atoms with Crippen LogP contribution in [0.15, 0.2) is 12.3 Å². The molecule has 1 atom stereocenters. The predicted octanol–water partition coefficient (Wildman–Crippen LogP) is 1.74. The lowest BCUT2D eigenvalue weighted by Crippen LogP contribution is -1.75. The molecule has 54 valence electrons. The van der Waals surface area contributed by atoms with E-state index in [-0.39, 0.29) is 0 Å². The van der Waals surface area contributed by atoms with Crippen LogP contribution < -0.4 is 0 Å². The van der Waals surface area contributed by atoms with Gasteiger partial charge in [-0.3, -0.25) is 0 Å². The van der Waals surface area contributed by atoms with Crippen molar-refractivity contribution in [1.82, 2.24) is 0 Å². The van der Waals surface area contributed by atoms with Crippen LogP contribution in [-0.2, 0) is 9.09 Å². The first-order valence-electron chi connectivity index (χ1n) is 2.70. The normalized spacial score (nSPS) is 17.7. The summed E-state index contributed by atoms with van der Waals surface area (Å²) in [5, 5.41) is 0. The molecule has 0 amide bonds. The van der Waals surface area contributed by atoms with E-state index in [0.29, 0.717) is 0 Å². The molecule has 0 saturated carbocycles. The maximum Gasteiger partial charge on any atom is 0.372 e. The van der Waals surface area contributed by atoms with E-state index in [9.17, 15) is 4.57 Å². The van der Waals surface area contributed by atoms with Crippen molar-refractivity contribution >= 4 is 7.60 Å². The standard InChI is InChI=1S/C5H11O3P/c1-3-4-5-8-9(2,6)7/h4-5H,3H2,1-2H3,(H,6,7). The van der Waals surface area contributed by atoms with Gasteiger partial charge in [0.1, 0.15) is 0 Å². The van der Waals surface area contributed by atoms with Gasteiger partial charge in [0, 0.05) is 6.66 Å². The molecular weight excluding hydrogens is 139 g/mol. The Bertz CT molecular complexity index is 135. The van der Waals surface area contributed by atoms with Crippen LogP contribution in [0.5, 0.6) is 0 Å². The summed E-state index contributed by atoms with van der Waals surface area (Å²) in [6, 6.07) is 0. The van der Waals surface area contributed by atoms with E-state index in [1.807, 2.05) is 6.92 Å². The molecule has 0 aromatic rings. The summed E-state index contributed by atoms with van der Waals surface area (Å²) in [5.41, 5.74) is 0. The molecule has 0 rings (SSSR count). The summed E-state index contributed by atoms with van der Waals surface area (Å²) in [5.74, 6) is 0. The van der Waals surface area contributed by atoms with Crippen molar-refractivity contribution in [2.45, 2.75) is 13.3 Å². The van der Waals surface area contributed by atoms with E-state index >= 15 is 0 Å². The maximum atomic E-state index is 10.4. The smallest absolute Gasteiger partial charge is 0.372 e. The SMILES string of the molecule is CCC=COP(C)(=O)O. The molecule has 0 aliphatic carbocycles. The highest BCUT2D eigenvalue weighted by molar-refractivity contribution is 7.52. The Kier molecular flexibility index (Phi) is 3.59. The van der Waals surface area contributed by atoms with Crippen LogP contribution >= 0.6 is 7.60 Å². The van der Waals surface area contributed by atoms with Gasteiger partial charge in [-0.1, -0.05) is 6.92 Å². The molecule has 0 spiro atoms. The molecule has 0 aliphatic heterocycles. The zero-order valence-electron chi connectivity index (χ0n) is 5.57. The van der Waals surface area contributed by atoms with Gasteiger partial charge >= 0.3 is 7.60 Å². The van der Waals surface area contributed by atoms with Crippen molar-refractivity contribution in [3.05, 3.63) is 12.3 Å². The van der Waals surface area contributed by atoms with Crippen LogP contribution in [0.1, 0.15) is 13.3 Å². The first-order valence-corrected chi connectivity index (χ1v) is 4.72. The molecule has 3 nitrogen and oxygen atoms in total. The van der Waals surface area contributed by atoms with E-state index < -0.39 is 7.60 Å². The van der Waals surface area contributed by atoms with Gasteiger partial charge in [-0.15, -0.1) is 0 Å². The minimum atomic E-state index is -3.28. The van der Waals surface area contributed by atoms with Crippen molar-refractivity contribution in [1.29, 1.82) is 0 Å². The number of rotatable bonds is 3. The molecule has 0 aliphatic rings. The van der Waals surface area contributed by atoms with Crippen LogP contribution in [0, 0.1) is 0 Å². The maximum absolute atomic E-state index is 10.4. The molecule has 1 N–H and O–H groups in total. The van der Waals surface area contributed by atoms with Crippen LogP contribution in [-0.4, -0.2) is 11.6 Å². The number of hydrogen-bond donors (Lipinski definition) is 1. The summed E-state index contributed by atoms with van der Waals surface area (Å²) in [6.07, 6.45) is 3.73. The zero-order valence-corrected chi connectivity index (χ0v) is 6.47. The van der Waals surface area contributed by atoms with Gasteiger partial charge in [-0.05, 0) is 12.5 Å². The van der Waals surface area contributed by atoms with Crippen molar-refractivity contribution in [3.8, 4) is 0 Å². The lowest BCUT2D eigenvalue weighted by Gasteiger charge is -2.00. The van der Waals surface area contributed by atoms with Crippen LogP contribution in [0.25, 0.3) is 0 Å². The predicted molar refractivity (Wildman–Crippen MR) is 36.3 cm³/mol. The second-order valence-electron chi connectivity index (χ2n) is 1.69. The summed E-state index contributed by atoms with van der Waals surface area (Å²) >= 11 is 0. The third-order valence-electron chi connectivity index (χ3n) is 0.588. The monoisotopic (exact) mass is 150 g/mol. The minimum absolute atomic E-state index is 0.806. The summed E-state index contributed by atoms with van der Waals surface area (Å²) in [4.78, 5) is 8.53. The van der Waals surface area contributed by atoms with Crippen molar-refractivity contribution in [2.75, 3.05) is 6.66 Å². The Balaban J connectivity index is 3.51. The highest BCUT2D eigenvalue weighted by Crippen LogP contribution is 2.36. The van der Waals surface area contributed by atoms with Gasteiger partial charge in [-0.2, -0.15) is 0 Å². The Morgan fingerprint density at radius 1 is 1.78 bits per heavy atom. The quantitative estimate of drug-likeness (QED) is 0.492. The van der Waals surface area contributed by atoms with Crippen LogP contribution in [0.3, 0.4) is 0 Å². The first-order chi connectivity index (χ1) is 4.06. The van der Waals surface area contributed by atoms with E-state index in [2.05, 4.69) is 4.52 Å². The molecule has 0 aromatic heterocycles. The van der Waals surface area contributed by atoms with E-state index in [1.54, 1.807) is 6.08 Å². The van der Waals surface area contributed by atoms with Gasteiger partial charge in [0.15, 0.2) is 0 Å². The van der Waals surface area contributed by atoms with Gasteiger partial charge in [0.05, 0.1) is 6.26 Å².